The van der Waals surface area contributed by atoms with Gasteiger partial charge in [0.15, 0.2) is 0 Å². The normalized spacial score (nSPS) is 10.2. The van der Waals surface area contributed by atoms with E-state index in [2.05, 4.69) is 6.92 Å². The van der Waals surface area contributed by atoms with Crippen LogP contribution >= 0.6 is 11.6 Å². The van der Waals surface area contributed by atoms with Crippen LogP contribution in [0.2, 0.25) is 5.02 Å². The van der Waals surface area contributed by atoms with Crippen molar-refractivity contribution in [2.45, 2.75) is 19.8 Å². The monoisotopic (exact) mass is 241 g/mol. The number of hydrogen-bond donors (Lipinski definition) is 1. The maximum atomic E-state index is 11.9. The second-order valence-corrected chi connectivity index (χ2v) is 4.18. The van der Waals surface area contributed by atoms with Gasteiger partial charge in [-0.15, -0.1) is 0 Å². The van der Waals surface area contributed by atoms with Crippen molar-refractivity contribution in [1.29, 1.82) is 0 Å². The molecule has 0 atom stereocenters. The first-order valence-corrected chi connectivity index (χ1v) is 5.68. The second-order valence-electron chi connectivity index (χ2n) is 3.74. The Morgan fingerprint density at radius 3 is 2.81 bits per heavy atom. The van der Waals surface area contributed by atoms with E-state index >= 15 is 0 Å². The molecule has 1 aromatic carbocycles. The van der Waals surface area contributed by atoms with Crippen molar-refractivity contribution in [2.24, 2.45) is 0 Å². The van der Waals surface area contributed by atoms with Crippen LogP contribution in [0.1, 0.15) is 30.1 Å². The Kier molecular flexibility index (Phi) is 4.62. The molecule has 1 amide bonds. The first kappa shape index (κ1) is 12.8. The summed E-state index contributed by atoms with van der Waals surface area (Å²) in [6, 6.07) is 4.48. The number of aromatic hydroxyl groups is 1. The number of unbranched alkanes of at least 4 members (excludes halogenated alkanes) is 1. The number of phenolic OH excluding ortho intramolecular Hbond substituents is 1. The third-order valence-corrected chi connectivity index (χ3v) is 2.62. The van der Waals surface area contributed by atoms with E-state index in [1.807, 2.05) is 0 Å². The fourth-order valence-electron chi connectivity index (χ4n) is 1.38. The van der Waals surface area contributed by atoms with Crippen LogP contribution in [0, 0.1) is 0 Å². The molecule has 0 aliphatic carbocycles. The zero-order valence-corrected chi connectivity index (χ0v) is 10.3. The Morgan fingerprint density at radius 1 is 1.50 bits per heavy atom. The summed E-state index contributed by atoms with van der Waals surface area (Å²) in [6.07, 6.45) is 1.97. The van der Waals surface area contributed by atoms with E-state index in [0.717, 1.165) is 12.8 Å². The molecule has 3 nitrogen and oxygen atoms in total. The number of nitrogens with zero attached hydrogens (tertiary/aromatic N) is 1. The van der Waals surface area contributed by atoms with Crippen molar-refractivity contribution in [3.8, 4) is 5.75 Å². The second kappa shape index (κ2) is 5.75. The van der Waals surface area contributed by atoms with Gasteiger partial charge in [0.25, 0.3) is 5.91 Å². The Balaban J connectivity index is 2.83. The van der Waals surface area contributed by atoms with E-state index in [1.165, 1.54) is 12.1 Å². The number of carbonyl (C=O) groups is 1. The van der Waals surface area contributed by atoms with Crippen molar-refractivity contribution in [3.05, 3.63) is 28.8 Å². The van der Waals surface area contributed by atoms with Gasteiger partial charge in [0.05, 0.1) is 5.56 Å². The lowest BCUT2D eigenvalue weighted by molar-refractivity contribution is 0.0790. The molecular formula is C12H16ClNO2. The maximum absolute atomic E-state index is 11.9. The van der Waals surface area contributed by atoms with E-state index in [9.17, 15) is 9.90 Å². The molecule has 88 valence electrons. The van der Waals surface area contributed by atoms with Crippen LogP contribution in [0.15, 0.2) is 18.2 Å². The largest absolute Gasteiger partial charge is 0.507 e. The minimum atomic E-state index is -0.201. The molecule has 0 radical (unpaired) electrons. The van der Waals surface area contributed by atoms with Crippen molar-refractivity contribution in [1.82, 2.24) is 4.90 Å². The number of carbonyl (C=O) groups excluding carboxylic acids is 1. The van der Waals surface area contributed by atoms with E-state index in [-0.39, 0.29) is 17.2 Å². The third-order valence-electron chi connectivity index (χ3n) is 2.38. The molecule has 1 N–H and O–H groups in total. The lowest BCUT2D eigenvalue weighted by Gasteiger charge is -2.17. The molecule has 0 unspecified atom stereocenters. The van der Waals surface area contributed by atoms with Gasteiger partial charge in [0, 0.05) is 18.6 Å². The summed E-state index contributed by atoms with van der Waals surface area (Å²) in [7, 11) is 1.72. The Labute approximate surface area is 101 Å². The van der Waals surface area contributed by atoms with Crippen molar-refractivity contribution in [3.63, 3.8) is 0 Å². The van der Waals surface area contributed by atoms with E-state index in [4.69, 9.17) is 11.6 Å². The summed E-state index contributed by atoms with van der Waals surface area (Å²) < 4.78 is 0. The topological polar surface area (TPSA) is 40.5 Å². The van der Waals surface area contributed by atoms with Gasteiger partial charge in [0.1, 0.15) is 5.75 Å². The SMILES string of the molecule is CCCCN(C)C(=O)c1cc(Cl)ccc1O. The zero-order valence-electron chi connectivity index (χ0n) is 9.53. The zero-order chi connectivity index (χ0) is 12.1. The van der Waals surface area contributed by atoms with Gasteiger partial charge in [-0.3, -0.25) is 4.79 Å². The molecule has 0 bridgehead atoms. The predicted molar refractivity (Wildman–Crippen MR) is 65.0 cm³/mol. The highest BCUT2D eigenvalue weighted by molar-refractivity contribution is 6.31. The van der Waals surface area contributed by atoms with E-state index in [0.29, 0.717) is 11.6 Å². The van der Waals surface area contributed by atoms with Crippen molar-refractivity contribution < 1.29 is 9.90 Å². The summed E-state index contributed by atoms with van der Waals surface area (Å²) in [5.41, 5.74) is 0.256. The molecule has 0 aliphatic rings. The van der Waals surface area contributed by atoms with Crippen LogP contribution in [0.4, 0.5) is 0 Å². The smallest absolute Gasteiger partial charge is 0.257 e. The number of halogens is 1. The Hall–Kier alpha value is -1.22. The van der Waals surface area contributed by atoms with Gasteiger partial charge < -0.3 is 10.0 Å². The number of amides is 1. The maximum Gasteiger partial charge on any atom is 0.257 e. The molecule has 0 aromatic heterocycles. The number of rotatable bonds is 4. The first-order chi connectivity index (χ1) is 7.56. The molecule has 1 rings (SSSR count). The van der Waals surface area contributed by atoms with Crippen LogP contribution in [-0.2, 0) is 0 Å². The lowest BCUT2D eigenvalue weighted by atomic mass is 10.1. The van der Waals surface area contributed by atoms with Gasteiger partial charge >= 0.3 is 0 Å². The Bertz CT molecular complexity index is 379. The van der Waals surface area contributed by atoms with Gasteiger partial charge in [-0.1, -0.05) is 24.9 Å². The van der Waals surface area contributed by atoms with Gasteiger partial charge in [-0.25, -0.2) is 0 Å². The molecule has 0 saturated heterocycles. The molecule has 16 heavy (non-hydrogen) atoms. The molecular weight excluding hydrogens is 226 g/mol. The molecule has 1 aromatic rings. The minimum absolute atomic E-state index is 0.0299. The van der Waals surface area contributed by atoms with Crippen LogP contribution < -0.4 is 0 Å². The number of benzene rings is 1. The number of hydrogen-bond acceptors (Lipinski definition) is 2. The molecule has 0 aliphatic heterocycles. The van der Waals surface area contributed by atoms with Crippen molar-refractivity contribution >= 4 is 17.5 Å². The lowest BCUT2D eigenvalue weighted by Crippen LogP contribution is -2.27. The third kappa shape index (κ3) is 3.14. The average Bonchev–Trinajstić information content (AvgIpc) is 2.28. The van der Waals surface area contributed by atoms with E-state index < -0.39 is 0 Å². The molecule has 4 heteroatoms. The van der Waals surface area contributed by atoms with Crippen LogP contribution in [0.25, 0.3) is 0 Å². The first-order valence-electron chi connectivity index (χ1n) is 5.30. The van der Waals surface area contributed by atoms with Gasteiger partial charge in [-0.2, -0.15) is 0 Å². The van der Waals surface area contributed by atoms with Crippen LogP contribution in [0.3, 0.4) is 0 Å². The summed E-state index contributed by atoms with van der Waals surface area (Å²) in [6.45, 7) is 2.75. The van der Waals surface area contributed by atoms with E-state index in [1.54, 1.807) is 18.0 Å². The van der Waals surface area contributed by atoms with Gasteiger partial charge in [0.2, 0.25) is 0 Å². The van der Waals surface area contributed by atoms with Gasteiger partial charge in [-0.05, 0) is 24.6 Å². The quantitative estimate of drug-likeness (QED) is 0.881. The summed E-state index contributed by atoms with van der Waals surface area (Å²) in [5.74, 6) is -0.230. The summed E-state index contributed by atoms with van der Waals surface area (Å²) >= 11 is 5.79. The molecule has 0 heterocycles. The Morgan fingerprint density at radius 2 is 2.19 bits per heavy atom. The van der Waals surface area contributed by atoms with Crippen LogP contribution in [0.5, 0.6) is 5.75 Å². The standard InChI is InChI=1S/C12H16ClNO2/c1-3-4-7-14(2)12(16)10-8-9(13)5-6-11(10)15/h5-6,8,15H,3-4,7H2,1-2H3. The minimum Gasteiger partial charge on any atom is -0.507 e. The predicted octanol–water partition coefficient (Wildman–Crippen LogP) is 2.92. The fourth-order valence-corrected chi connectivity index (χ4v) is 1.55. The van der Waals surface area contributed by atoms with Crippen LogP contribution in [-0.4, -0.2) is 29.5 Å². The highest BCUT2D eigenvalue weighted by Gasteiger charge is 2.15. The molecule has 0 saturated carbocycles. The van der Waals surface area contributed by atoms with Crippen molar-refractivity contribution in [2.75, 3.05) is 13.6 Å². The fraction of sp³-hybridized carbons (Fsp3) is 0.417. The highest BCUT2D eigenvalue weighted by atomic mass is 35.5. The molecule has 0 spiro atoms. The summed E-state index contributed by atoms with van der Waals surface area (Å²) in [5, 5.41) is 10.0. The molecule has 0 fully saturated rings. The number of phenols is 1. The summed E-state index contributed by atoms with van der Waals surface area (Å²) in [4.78, 5) is 13.5. The average molecular weight is 242 g/mol. The highest BCUT2D eigenvalue weighted by Crippen LogP contribution is 2.22.